The molecule has 5 nitrogen and oxygen atoms in total. The van der Waals surface area contributed by atoms with Gasteiger partial charge in [0.2, 0.25) is 5.91 Å². The molecule has 27 heavy (non-hydrogen) atoms. The third-order valence-corrected chi connectivity index (χ3v) is 4.79. The van der Waals surface area contributed by atoms with E-state index < -0.39 is 0 Å². The van der Waals surface area contributed by atoms with Gasteiger partial charge < -0.3 is 10.1 Å². The lowest BCUT2D eigenvalue weighted by molar-refractivity contribution is -0.116. The molecule has 2 heterocycles. The minimum Gasteiger partial charge on any atom is -0.489 e. The van der Waals surface area contributed by atoms with Crippen molar-refractivity contribution < 1.29 is 9.53 Å². The van der Waals surface area contributed by atoms with E-state index in [1.165, 1.54) is 0 Å². The van der Waals surface area contributed by atoms with Crippen molar-refractivity contribution in [3.05, 3.63) is 83.5 Å². The summed E-state index contributed by atoms with van der Waals surface area (Å²) in [6.45, 7) is 4.11. The van der Waals surface area contributed by atoms with Crippen molar-refractivity contribution >= 4 is 23.3 Å². The lowest BCUT2D eigenvalue weighted by Crippen LogP contribution is -2.24. The number of aromatic nitrogens is 2. The molecular weight excluding hydrogens is 362 g/mol. The quantitative estimate of drug-likeness (QED) is 0.661. The molecule has 3 aromatic rings. The molecule has 0 radical (unpaired) electrons. The lowest BCUT2D eigenvalue weighted by atomic mass is 9.87. The summed E-state index contributed by atoms with van der Waals surface area (Å²) in [7, 11) is 0. The maximum atomic E-state index is 12.4. The first kappa shape index (κ1) is 17.4. The van der Waals surface area contributed by atoms with Crippen LogP contribution in [0.15, 0.2) is 67.4 Å². The highest BCUT2D eigenvalue weighted by Gasteiger charge is 2.32. The van der Waals surface area contributed by atoms with Gasteiger partial charge in [-0.25, -0.2) is 4.68 Å². The predicted molar refractivity (Wildman–Crippen MR) is 106 cm³/mol. The number of amides is 1. The van der Waals surface area contributed by atoms with E-state index in [9.17, 15) is 4.79 Å². The normalized spacial score (nSPS) is 15.7. The second-order valence-electron chi connectivity index (χ2n) is 6.28. The van der Waals surface area contributed by atoms with Gasteiger partial charge in [0.1, 0.15) is 18.2 Å². The van der Waals surface area contributed by atoms with Crippen LogP contribution in [0.3, 0.4) is 0 Å². The van der Waals surface area contributed by atoms with Crippen LogP contribution in [0.1, 0.15) is 23.5 Å². The fourth-order valence-corrected chi connectivity index (χ4v) is 3.45. The predicted octanol–water partition coefficient (Wildman–Crippen LogP) is 4.56. The zero-order chi connectivity index (χ0) is 18.8. The highest BCUT2D eigenvalue weighted by Crippen LogP contribution is 2.41. The Balaban J connectivity index is 1.78. The van der Waals surface area contributed by atoms with Crippen LogP contribution in [-0.4, -0.2) is 22.3 Å². The van der Waals surface area contributed by atoms with E-state index in [1.807, 2.05) is 36.4 Å². The molecular formula is C21H18ClN3O2. The Morgan fingerprint density at radius 2 is 2.00 bits per heavy atom. The van der Waals surface area contributed by atoms with Crippen LogP contribution in [0.2, 0.25) is 5.02 Å². The fourth-order valence-electron chi connectivity index (χ4n) is 3.32. The molecule has 1 N–H and O–H groups in total. The number of halogens is 1. The molecule has 0 saturated carbocycles. The highest BCUT2D eigenvalue weighted by molar-refractivity contribution is 6.30. The van der Waals surface area contributed by atoms with Crippen molar-refractivity contribution in [3.63, 3.8) is 0 Å². The van der Waals surface area contributed by atoms with Gasteiger partial charge in [0.25, 0.3) is 0 Å². The number of anilines is 1. The number of hydrogen-bond acceptors (Lipinski definition) is 3. The van der Waals surface area contributed by atoms with Gasteiger partial charge >= 0.3 is 0 Å². The van der Waals surface area contributed by atoms with E-state index in [-0.39, 0.29) is 11.8 Å². The van der Waals surface area contributed by atoms with Gasteiger partial charge in [0.05, 0.1) is 11.9 Å². The third-order valence-electron chi connectivity index (χ3n) is 4.54. The Hall–Kier alpha value is -3.05. The summed E-state index contributed by atoms with van der Waals surface area (Å²) in [6.07, 6.45) is 3.85. The number of carbonyl (C=O) groups excluding carboxylic acids is 1. The van der Waals surface area contributed by atoms with E-state index in [2.05, 4.69) is 17.0 Å². The van der Waals surface area contributed by atoms with Crippen LogP contribution in [0.4, 0.5) is 5.82 Å². The summed E-state index contributed by atoms with van der Waals surface area (Å²) in [5.74, 6) is 1.25. The van der Waals surface area contributed by atoms with Crippen molar-refractivity contribution in [2.75, 3.05) is 11.9 Å². The zero-order valence-electron chi connectivity index (χ0n) is 14.6. The molecule has 1 aliphatic rings. The fraction of sp³-hybridized carbons (Fsp3) is 0.143. The number of ether oxygens (including phenoxy) is 1. The first-order valence-corrected chi connectivity index (χ1v) is 9.01. The van der Waals surface area contributed by atoms with E-state index in [4.69, 9.17) is 16.3 Å². The SMILES string of the molecule is C=CCOc1ccccc1C1CC(=O)Nc2c1cnn2-c1ccc(Cl)cc1. The second-order valence-corrected chi connectivity index (χ2v) is 6.72. The molecule has 0 bridgehead atoms. The maximum Gasteiger partial charge on any atom is 0.226 e. The zero-order valence-corrected chi connectivity index (χ0v) is 15.3. The average molecular weight is 380 g/mol. The van der Waals surface area contributed by atoms with Crippen LogP contribution < -0.4 is 10.1 Å². The minimum atomic E-state index is -0.129. The number of nitrogens with one attached hydrogen (secondary N) is 1. The van der Waals surface area contributed by atoms with Crippen molar-refractivity contribution in [2.24, 2.45) is 0 Å². The van der Waals surface area contributed by atoms with Crippen molar-refractivity contribution in [1.82, 2.24) is 9.78 Å². The van der Waals surface area contributed by atoms with Gasteiger partial charge in [-0.2, -0.15) is 5.10 Å². The Morgan fingerprint density at radius 1 is 1.22 bits per heavy atom. The molecule has 4 rings (SSSR count). The van der Waals surface area contributed by atoms with Gasteiger partial charge in [-0.05, 0) is 30.3 Å². The molecule has 2 aromatic carbocycles. The van der Waals surface area contributed by atoms with Crippen LogP contribution in [0.25, 0.3) is 5.69 Å². The smallest absolute Gasteiger partial charge is 0.226 e. The number of rotatable bonds is 5. The molecule has 1 amide bonds. The van der Waals surface area contributed by atoms with E-state index >= 15 is 0 Å². The molecule has 0 aliphatic carbocycles. The summed E-state index contributed by atoms with van der Waals surface area (Å²) in [5.41, 5.74) is 2.75. The summed E-state index contributed by atoms with van der Waals surface area (Å²) in [5, 5.41) is 8.11. The highest BCUT2D eigenvalue weighted by atomic mass is 35.5. The maximum absolute atomic E-state index is 12.4. The van der Waals surface area contributed by atoms with Crippen LogP contribution in [0.5, 0.6) is 5.75 Å². The molecule has 0 spiro atoms. The molecule has 6 heteroatoms. The number of benzene rings is 2. The van der Waals surface area contributed by atoms with E-state index in [0.717, 1.165) is 22.6 Å². The van der Waals surface area contributed by atoms with Gasteiger partial charge in [-0.3, -0.25) is 4.79 Å². The third kappa shape index (κ3) is 3.34. The van der Waals surface area contributed by atoms with Gasteiger partial charge in [0.15, 0.2) is 0 Å². The van der Waals surface area contributed by atoms with Crippen molar-refractivity contribution in [3.8, 4) is 11.4 Å². The van der Waals surface area contributed by atoms with Crippen LogP contribution >= 0.6 is 11.6 Å². The van der Waals surface area contributed by atoms with Crippen LogP contribution in [-0.2, 0) is 4.79 Å². The van der Waals surface area contributed by atoms with Gasteiger partial charge in [0, 0.05) is 28.5 Å². The van der Waals surface area contributed by atoms with Crippen molar-refractivity contribution in [2.45, 2.75) is 12.3 Å². The standard InChI is InChI=1S/C21H18ClN3O2/c1-2-11-27-19-6-4-3-5-16(19)17-12-20(26)24-21-18(17)13-23-25(21)15-9-7-14(22)8-10-15/h2-10,13,17H,1,11-12H2,(H,24,26). The molecule has 0 fully saturated rings. The molecule has 0 saturated heterocycles. The summed E-state index contributed by atoms with van der Waals surface area (Å²) < 4.78 is 7.53. The number of hydrogen-bond donors (Lipinski definition) is 1. The van der Waals surface area contributed by atoms with Gasteiger partial charge in [-0.1, -0.05) is 42.5 Å². The Morgan fingerprint density at radius 3 is 2.78 bits per heavy atom. The molecule has 1 aromatic heterocycles. The molecule has 1 atom stereocenters. The number of fused-ring (bicyclic) bond motifs is 1. The molecule has 1 aliphatic heterocycles. The monoisotopic (exact) mass is 379 g/mol. The van der Waals surface area contributed by atoms with Crippen molar-refractivity contribution in [1.29, 1.82) is 0 Å². The topological polar surface area (TPSA) is 56.1 Å². The second kappa shape index (κ2) is 7.29. The molecule has 1 unspecified atom stereocenters. The first-order valence-electron chi connectivity index (χ1n) is 8.63. The Kier molecular flexibility index (Phi) is 4.69. The number of para-hydroxylation sites is 1. The van der Waals surface area contributed by atoms with Crippen LogP contribution in [0, 0.1) is 0 Å². The summed E-state index contributed by atoms with van der Waals surface area (Å²) in [6, 6.07) is 15.1. The van der Waals surface area contributed by atoms with E-state index in [1.54, 1.807) is 29.1 Å². The average Bonchev–Trinajstić information content (AvgIpc) is 3.10. The number of nitrogens with zero attached hydrogens (tertiary/aromatic N) is 2. The number of carbonyl (C=O) groups is 1. The summed E-state index contributed by atoms with van der Waals surface area (Å²) in [4.78, 5) is 12.4. The molecule has 136 valence electrons. The first-order chi connectivity index (χ1) is 13.2. The largest absolute Gasteiger partial charge is 0.489 e. The lowest BCUT2D eigenvalue weighted by Gasteiger charge is -2.25. The van der Waals surface area contributed by atoms with Gasteiger partial charge in [-0.15, -0.1) is 0 Å². The Labute approximate surface area is 162 Å². The Bertz CT molecular complexity index is 995. The summed E-state index contributed by atoms with van der Waals surface area (Å²) >= 11 is 5.98. The van der Waals surface area contributed by atoms with E-state index in [0.29, 0.717) is 23.9 Å². The minimum absolute atomic E-state index is 0.0539.